The van der Waals surface area contributed by atoms with Crippen LogP contribution >= 0.6 is 0 Å². The predicted octanol–water partition coefficient (Wildman–Crippen LogP) is 8.14. The summed E-state index contributed by atoms with van der Waals surface area (Å²) in [6.45, 7) is 7.66. The van der Waals surface area contributed by atoms with Gasteiger partial charge in [0.2, 0.25) is 11.8 Å². The number of nitrogens with one attached hydrogen (secondary N) is 3. The minimum absolute atomic E-state index is 0.0752. The van der Waals surface area contributed by atoms with Gasteiger partial charge in [-0.2, -0.15) is 0 Å². The molecule has 4 atom stereocenters. The van der Waals surface area contributed by atoms with Crippen LogP contribution in [0.4, 0.5) is 4.79 Å². The molecule has 11 nitrogen and oxygen atoms in total. The molecule has 0 radical (unpaired) electrons. The minimum atomic E-state index is -1.07. The molecule has 1 aliphatic carbocycles. The first-order valence-corrected chi connectivity index (χ1v) is 21.3. The van der Waals surface area contributed by atoms with Crippen LogP contribution in [0.2, 0.25) is 0 Å². The quantitative estimate of drug-likeness (QED) is 0.0380. The fraction of sp³-hybridized carbons (Fsp3) is 0.269. The van der Waals surface area contributed by atoms with Crippen molar-refractivity contribution >= 4 is 23.9 Å². The van der Waals surface area contributed by atoms with E-state index in [1.165, 1.54) is 0 Å². The number of aliphatic hydroxyl groups excluding tert-OH is 1. The Morgan fingerprint density at radius 1 is 0.730 bits per heavy atom. The maximum absolute atomic E-state index is 13.8. The Balaban J connectivity index is 1.03. The van der Waals surface area contributed by atoms with Crippen molar-refractivity contribution < 1.29 is 38.5 Å². The average Bonchev–Trinajstić information content (AvgIpc) is 3.64. The van der Waals surface area contributed by atoms with Crippen LogP contribution in [0.25, 0.3) is 11.1 Å². The number of amides is 3. The highest BCUT2D eigenvalue weighted by Crippen LogP contribution is 2.44. The number of allylic oxidation sites excluding steroid dienone is 2. The van der Waals surface area contributed by atoms with Crippen LogP contribution in [0.5, 0.6) is 5.75 Å². The lowest BCUT2D eigenvalue weighted by Gasteiger charge is -2.24. The Bertz CT molecular complexity index is 2250. The van der Waals surface area contributed by atoms with Crippen molar-refractivity contribution in [3.05, 3.63) is 187 Å². The second-order valence-electron chi connectivity index (χ2n) is 15.5. The van der Waals surface area contributed by atoms with E-state index in [1.807, 2.05) is 97.1 Å². The molecule has 0 saturated heterocycles. The van der Waals surface area contributed by atoms with Crippen molar-refractivity contribution in [3.63, 3.8) is 0 Å². The molecule has 0 saturated carbocycles. The Morgan fingerprint density at radius 3 is 2.00 bits per heavy atom. The highest BCUT2D eigenvalue weighted by molar-refractivity contribution is 5.86. The number of hydrogen-bond donors (Lipinski definition) is 4. The molecule has 0 unspecified atom stereocenters. The van der Waals surface area contributed by atoms with Crippen LogP contribution in [-0.2, 0) is 36.9 Å². The second kappa shape index (κ2) is 23.3. The first-order chi connectivity index (χ1) is 30.8. The van der Waals surface area contributed by atoms with Crippen molar-refractivity contribution in [2.45, 2.75) is 62.8 Å². The maximum atomic E-state index is 13.8. The van der Waals surface area contributed by atoms with Crippen molar-refractivity contribution in [2.24, 2.45) is 5.92 Å². The normalized spacial score (nSPS) is 13.5. The molecule has 6 rings (SSSR count). The molecule has 0 bridgehead atoms. The van der Waals surface area contributed by atoms with Gasteiger partial charge < -0.3 is 35.3 Å². The highest BCUT2D eigenvalue weighted by atomic mass is 16.6. The summed E-state index contributed by atoms with van der Waals surface area (Å²) in [5, 5.41) is 18.6. The zero-order valence-corrected chi connectivity index (χ0v) is 35.3. The van der Waals surface area contributed by atoms with E-state index in [0.29, 0.717) is 30.8 Å². The zero-order valence-electron chi connectivity index (χ0n) is 35.3. The SMILES string of the molecule is C=CCC[C@H](NC(=O)OCC1c2ccccc2-c2ccccc21)C(=O)O[C@H](CNC(=O)[C@@H](CC=C)CC(=O)N[C@H](CO)Cc1ccc(OCc2ccccc2)cc1)c1ccccc1. The number of esters is 1. The molecule has 1 aliphatic rings. The van der Waals surface area contributed by atoms with Crippen molar-refractivity contribution in [1.82, 2.24) is 16.0 Å². The van der Waals surface area contributed by atoms with Gasteiger partial charge in [0.15, 0.2) is 0 Å². The smallest absolute Gasteiger partial charge is 0.407 e. The van der Waals surface area contributed by atoms with E-state index < -0.39 is 48.0 Å². The largest absolute Gasteiger partial charge is 0.489 e. The van der Waals surface area contributed by atoms with Gasteiger partial charge in [-0.25, -0.2) is 9.59 Å². The summed E-state index contributed by atoms with van der Waals surface area (Å²) >= 11 is 0. The summed E-state index contributed by atoms with van der Waals surface area (Å²) in [6, 6.07) is 40.7. The molecule has 0 aromatic heterocycles. The topological polar surface area (TPSA) is 152 Å². The number of aliphatic hydroxyl groups is 1. The van der Waals surface area contributed by atoms with Crippen molar-refractivity contribution in [1.29, 1.82) is 0 Å². The molecular formula is C52H55N3O8. The van der Waals surface area contributed by atoms with Crippen LogP contribution in [0.1, 0.15) is 65.5 Å². The summed E-state index contributed by atoms with van der Waals surface area (Å²) in [4.78, 5) is 54.0. The van der Waals surface area contributed by atoms with Gasteiger partial charge in [0.05, 0.1) is 25.1 Å². The molecule has 0 aliphatic heterocycles. The number of rotatable bonds is 23. The van der Waals surface area contributed by atoms with Gasteiger partial charge in [0, 0.05) is 12.3 Å². The van der Waals surface area contributed by atoms with Crippen LogP contribution < -0.4 is 20.7 Å². The monoisotopic (exact) mass is 849 g/mol. The summed E-state index contributed by atoms with van der Waals surface area (Å²) < 4.78 is 17.6. The molecule has 0 heterocycles. The molecular weight excluding hydrogens is 795 g/mol. The number of ether oxygens (including phenoxy) is 3. The third kappa shape index (κ3) is 13.0. The third-order valence-electron chi connectivity index (χ3n) is 11.0. The number of benzene rings is 5. The molecule has 5 aromatic carbocycles. The molecule has 4 N–H and O–H groups in total. The van der Waals surface area contributed by atoms with E-state index in [2.05, 4.69) is 41.2 Å². The predicted molar refractivity (Wildman–Crippen MR) is 243 cm³/mol. The van der Waals surface area contributed by atoms with Crippen LogP contribution in [0.3, 0.4) is 0 Å². The Morgan fingerprint density at radius 2 is 1.37 bits per heavy atom. The number of hydrogen-bond acceptors (Lipinski definition) is 8. The van der Waals surface area contributed by atoms with E-state index in [4.69, 9.17) is 14.2 Å². The van der Waals surface area contributed by atoms with E-state index in [9.17, 15) is 24.3 Å². The Hall–Kier alpha value is -6.98. The number of carbonyl (C=O) groups excluding carboxylic acids is 4. The lowest BCUT2D eigenvalue weighted by Crippen LogP contribution is -2.44. The molecule has 0 spiro atoms. The molecule has 11 heteroatoms. The Labute approximate surface area is 369 Å². The van der Waals surface area contributed by atoms with Gasteiger partial charge in [0.25, 0.3) is 0 Å². The lowest BCUT2D eigenvalue weighted by atomic mass is 9.98. The fourth-order valence-corrected chi connectivity index (χ4v) is 7.67. The van der Waals surface area contributed by atoms with Gasteiger partial charge in [-0.05, 0) is 76.8 Å². The minimum Gasteiger partial charge on any atom is -0.489 e. The first kappa shape index (κ1) is 45.5. The van der Waals surface area contributed by atoms with E-state index in [1.54, 1.807) is 36.4 Å². The van der Waals surface area contributed by atoms with Gasteiger partial charge in [-0.15, -0.1) is 13.2 Å². The van der Waals surface area contributed by atoms with Crippen molar-refractivity contribution in [2.75, 3.05) is 19.8 Å². The van der Waals surface area contributed by atoms with Gasteiger partial charge >= 0.3 is 12.1 Å². The zero-order chi connectivity index (χ0) is 44.4. The standard InChI is InChI=1S/C52H55N3O8/c1-3-5-25-47(55-52(60)62-35-46-44-23-14-12-21-42(44)43-22-13-15-24-45(43)46)51(59)63-48(38-19-10-7-11-20-38)32-53-50(58)39(16-4-2)31-49(57)54-40(33-56)30-36-26-28-41(29-27-36)61-34-37-17-8-6-9-18-37/h3-4,6-15,17-24,26-29,39-40,46-48,56H,1-2,5,16,25,30-35H2,(H,53,58)(H,54,57)(H,55,60)/t39-,40-,47-,48+/m0/s1. The molecule has 3 amide bonds. The molecule has 5 aromatic rings. The van der Waals surface area contributed by atoms with E-state index >= 15 is 0 Å². The fourth-order valence-electron chi connectivity index (χ4n) is 7.67. The average molecular weight is 850 g/mol. The number of alkyl carbamates (subject to hydrolysis) is 1. The molecule has 326 valence electrons. The van der Waals surface area contributed by atoms with Crippen LogP contribution in [0.15, 0.2) is 159 Å². The summed E-state index contributed by atoms with van der Waals surface area (Å²) in [5.41, 5.74) is 6.90. The molecule has 63 heavy (non-hydrogen) atoms. The summed E-state index contributed by atoms with van der Waals surface area (Å²) in [7, 11) is 0. The highest BCUT2D eigenvalue weighted by Gasteiger charge is 2.31. The summed E-state index contributed by atoms with van der Waals surface area (Å²) in [5.74, 6) is -1.80. The Kier molecular flexibility index (Phi) is 16.8. The van der Waals surface area contributed by atoms with E-state index in [0.717, 1.165) is 33.4 Å². The van der Waals surface area contributed by atoms with Crippen LogP contribution in [-0.4, -0.2) is 60.8 Å². The van der Waals surface area contributed by atoms with Crippen molar-refractivity contribution in [3.8, 4) is 16.9 Å². The van der Waals surface area contributed by atoms with Crippen LogP contribution in [0, 0.1) is 5.92 Å². The van der Waals surface area contributed by atoms with E-state index in [-0.39, 0.29) is 44.9 Å². The first-order valence-electron chi connectivity index (χ1n) is 21.3. The number of fused-ring (bicyclic) bond motifs is 3. The lowest BCUT2D eigenvalue weighted by molar-refractivity contribution is -0.152. The summed E-state index contributed by atoms with van der Waals surface area (Å²) in [6.07, 6.45) is 2.56. The molecule has 0 fully saturated rings. The third-order valence-corrected chi connectivity index (χ3v) is 11.0. The second-order valence-corrected chi connectivity index (χ2v) is 15.5. The van der Waals surface area contributed by atoms with Gasteiger partial charge in [-0.3, -0.25) is 9.59 Å². The number of carbonyl (C=O) groups is 4. The van der Waals surface area contributed by atoms with Gasteiger partial charge in [-0.1, -0.05) is 133 Å². The van der Waals surface area contributed by atoms with Gasteiger partial charge in [0.1, 0.15) is 31.1 Å². The maximum Gasteiger partial charge on any atom is 0.407 e.